The minimum absolute atomic E-state index is 0.0628. The predicted octanol–water partition coefficient (Wildman–Crippen LogP) is 2.87. The van der Waals surface area contributed by atoms with Crippen molar-refractivity contribution in [1.29, 1.82) is 0 Å². The number of carbonyl (C=O) groups excluding carboxylic acids is 2. The van der Waals surface area contributed by atoms with Crippen LogP contribution in [-0.2, 0) is 14.8 Å². The monoisotopic (exact) mass is 487 g/mol. The highest BCUT2D eigenvalue weighted by Gasteiger charge is 2.35. The van der Waals surface area contributed by atoms with E-state index in [9.17, 15) is 18.0 Å². The maximum absolute atomic E-state index is 13.0. The third kappa shape index (κ3) is 5.23. The van der Waals surface area contributed by atoms with Crippen molar-refractivity contribution < 1.29 is 22.4 Å². The zero-order chi connectivity index (χ0) is 22.8. The topological polar surface area (TPSA) is 99.9 Å². The number of benzene rings is 1. The Morgan fingerprint density at radius 3 is 2.35 bits per heavy atom. The number of hydrogen-bond acceptors (Lipinski definition) is 5. The standard InChI is InChI=1S/C20H23Cl2N3O5S/c1-13(2)18(23-19(26)16-4-3-11-30-16)20(27)24-7-9-25(10-8-24)31(28,29)17-12-14(21)5-6-15(17)22/h3-6,11-13,18H,7-10H2,1-2H3,(H,23,26)/t18-/m0/s1. The zero-order valence-electron chi connectivity index (χ0n) is 17.0. The summed E-state index contributed by atoms with van der Waals surface area (Å²) in [5.41, 5.74) is 0. The lowest BCUT2D eigenvalue weighted by molar-refractivity contribution is -0.135. The van der Waals surface area contributed by atoms with Gasteiger partial charge in [-0.25, -0.2) is 8.42 Å². The van der Waals surface area contributed by atoms with Crippen LogP contribution < -0.4 is 5.32 Å². The summed E-state index contributed by atoms with van der Waals surface area (Å²) < 4.78 is 32.3. The van der Waals surface area contributed by atoms with E-state index in [2.05, 4.69) is 5.32 Å². The zero-order valence-corrected chi connectivity index (χ0v) is 19.4. The van der Waals surface area contributed by atoms with Crippen LogP contribution in [0.2, 0.25) is 10.0 Å². The SMILES string of the molecule is CC(C)[C@H](NC(=O)c1ccco1)C(=O)N1CCN(S(=O)(=O)c2cc(Cl)ccc2Cl)CC1. The van der Waals surface area contributed by atoms with Crippen LogP contribution in [0.4, 0.5) is 0 Å². The van der Waals surface area contributed by atoms with Gasteiger partial charge >= 0.3 is 0 Å². The predicted molar refractivity (Wildman–Crippen MR) is 117 cm³/mol. The number of sulfonamides is 1. The third-order valence-corrected chi connectivity index (χ3v) is 7.64. The summed E-state index contributed by atoms with van der Waals surface area (Å²) in [6.45, 7) is 4.24. The number of hydrogen-bond donors (Lipinski definition) is 1. The van der Waals surface area contributed by atoms with Crippen LogP contribution in [0, 0.1) is 5.92 Å². The number of amides is 2. The summed E-state index contributed by atoms with van der Waals surface area (Å²) in [5, 5.41) is 3.06. The van der Waals surface area contributed by atoms with E-state index >= 15 is 0 Å². The van der Waals surface area contributed by atoms with Crippen LogP contribution in [0.3, 0.4) is 0 Å². The Morgan fingerprint density at radius 1 is 1.10 bits per heavy atom. The largest absolute Gasteiger partial charge is 0.459 e. The minimum atomic E-state index is -3.85. The maximum atomic E-state index is 13.0. The van der Waals surface area contributed by atoms with E-state index in [0.717, 1.165) is 0 Å². The van der Waals surface area contributed by atoms with Gasteiger partial charge < -0.3 is 14.6 Å². The van der Waals surface area contributed by atoms with Gasteiger partial charge in [0.05, 0.1) is 11.3 Å². The fourth-order valence-corrected chi connectivity index (χ4v) is 5.45. The Labute approximate surface area is 191 Å². The smallest absolute Gasteiger partial charge is 0.287 e. The summed E-state index contributed by atoms with van der Waals surface area (Å²) in [7, 11) is -3.85. The molecule has 1 aliphatic heterocycles. The lowest BCUT2D eigenvalue weighted by Gasteiger charge is -2.36. The molecule has 1 fully saturated rings. The Kier molecular flexibility index (Phi) is 7.31. The van der Waals surface area contributed by atoms with Crippen molar-refractivity contribution >= 4 is 45.0 Å². The number of piperazine rings is 1. The highest BCUT2D eigenvalue weighted by atomic mass is 35.5. The molecule has 1 atom stereocenters. The molecule has 0 aliphatic carbocycles. The van der Waals surface area contributed by atoms with Crippen molar-refractivity contribution in [2.45, 2.75) is 24.8 Å². The second kappa shape index (κ2) is 9.60. The van der Waals surface area contributed by atoms with Crippen LogP contribution >= 0.6 is 23.2 Å². The normalized spacial score (nSPS) is 16.4. The second-order valence-corrected chi connectivity index (χ2v) is 10.2. The molecule has 1 N–H and O–H groups in total. The highest BCUT2D eigenvalue weighted by molar-refractivity contribution is 7.89. The lowest BCUT2D eigenvalue weighted by atomic mass is 10.0. The maximum Gasteiger partial charge on any atom is 0.287 e. The molecule has 2 aromatic rings. The number of nitrogens with zero attached hydrogens (tertiary/aromatic N) is 2. The Bertz CT molecular complexity index is 1050. The first-order valence-electron chi connectivity index (χ1n) is 9.69. The molecule has 3 rings (SSSR count). The van der Waals surface area contributed by atoms with E-state index in [1.165, 1.54) is 34.8 Å². The van der Waals surface area contributed by atoms with Gasteiger partial charge in [0, 0.05) is 31.2 Å². The van der Waals surface area contributed by atoms with E-state index < -0.39 is 22.0 Å². The van der Waals surface area contributed by atoms with Crippen molar-refractivity contribution in [1.82, 2.24) is 14.5 Å². The summed E-state index contributed by atoms with van der Waals surface area (Å²) >= 11 is 12.0. The number of rotatable bonds is 6. The van der Waals surface area contributed by atoms with E-state index in [-0.39, 0.29) is 58.7 Å². The Balaban J connectivity index is 1.68. The molecule has 0 unspecified atom stereocenters. The van der Waals surface area contributed by atoms with Crippen molar-refractivity contribution in [2.24, 2.45) is 5.92 Å². The van der Waals surface area contributed by atoms with Gasteiger partial charge in [-0.1, -0.05) is 37.0 Å². The van der Waals surface area contributed by atoms with Crippen LogP contribution in [0.1, 0.15) is 24.4 Å². The molecule has 2 heterocycles. The molecule has 31 heavy (non-hydrogen) atoms. The van der Waals surface area contributed by atoms with Crippen molar-refractivity contribution in [2.75, 3.05) is 26.2 Å². The van der Waals surface area contributed by atoms with Gasteiger partial charge in [0.15, 0.2) is 5.76 Å². The minimum Gasteiger partial charge on any atom is -0.459 e. The Hall–Kier alpha value is -2.07. The number of furan rings is 1. The molecule has 1 aliphatic rings. The quantitative estimate of drug-likeness (QED) is 0.674. The summed E-state index contributed by atoms with van der Waals surface area (Å²) in [6.07, 6.45) is 1.38. The van der Waals surface area contributed by atoms with Crippen LogP contribution in [0.15, 0.2) is 45.9 Å². The van der Waals surface area contributed by atoms with Crippen molar-refractivity contribution in [3.8, 4) is 0 Å². The lowest BCUT2D eigenvalue weighted by Crippen LogP contribution is -2.57. The molecule has 0 bridgehead atoms. The molecular formula is C20H23Cl2N3O5S. The van der Waals surface area contributed by atoms with Gasteiger partial charge in [0.2, 0.25) is 15.9 Å². The first-order chi connectivity index (χ1) is 14.6. The highest BCUT2D eigenvalue weighted by Crippen LogP contribution is 2.28. The molecule has 8 nitrogen and oxygen atoms in total. The van der Waals surface area contributed by atoms with Gasteiger partial charge in [-0.05, 0) is 36.2 Å². The molecule has 1 aromatic heterocycles. The van der Waals surface area contributed by atoms with Gasteiger partial charge in [0.25, 0.3) is 5.91 Å². The summed E-state index contributed by atoms with van der Waals surface area (Å²) in [4.78, 5) is 26.9. The van der Waals surface area contributed by atoms with Crippen molar-refractivity contribution in [3.63, 3.8) is 0 Å². The van der Waals surface area contributed by atoms with E-state index in [0.29, 0.717) is 0 Å². The molecular weight excluding hydrogens is 465 g/mol. The average Bonchev–Trinajstić information content (AvgIpc) is 3.28. The second-order valence-electron chi connectivity index (χ2n) is 7.48. The molecule has 1 saturated heterocycles. The van der Waals surface area contributed by atoms with E-state index in [1.807, 2.05) is 13.8 Å². The molecule has 168 valence electrons. The van der Waals surface area contributed by atoms with Gasteiger partial charge in [-0.15, -0.1) is 0 Å². The summed E-state index contributed by atoms with van der Waals surface area (Å²) in [6, 6.07) is 6.61. The van der Waals surface area contributed by atoms with Crippen LogP contribution in [0.5, 0.6) is 0 Å². The number of carbonyl (C=O) groups is 2. The molecule has 11 heteroatoms. The fourth-order valence-electron chi connectivity index (χ4n) is 3.29. The molecule has 0 spiro atoms. The number of nitrogens with one attached hydrogen (secondary N) is 1. The van der Waals surface area contributed by atoms with E-state index in [4.69, 9.17) is 27.6 Å². The molecule has 2 amide bonds. The fraction of sp³-hybridized carbons (Fsp3) is 0.400. The third-order valence-electron chi connectivity index (χ3n) is 5.03. The van der Waals surface area contributed by atoms with Gasteiger partial charge in [0.1, 0.15) is 10.9 Å². The average molecular weight is 488 g/mol. The number of halogens is 2. The van der Waals surface area contributed by atoms with Gasteiger partial charge in [-0.3, -0.25) is 9.59 Å². The first-order valence-corrected chi connectivity index (χ1v) is 11.9. The molecule has 1 aromatic carbocycles. The summed E-state index contributed by atoms with van der Waals surface area (Å²) in [5.74, 6) is -0.798. The van der Waals surface area contributed by atoms with Gasteiger partial charge in [-0.2, -0.15) is 4.31 Å². The van der Waals surface area contributed by atoms with Crippen LogP contribution in [-0.4, -0.2) is 61.7 Å². The molecule has 0 radical (unpaired) electrons. The first kappa shape index (κ1) is 23.6. The molecule has 0 saturated carbocycles. The Morgan fingerprint density at radius 2 is 1.77 bits per heavy atom. The van der Waals surface area contributed by atoms with Crippen LogP contribution in [0.25, 0.3) is 0 Å². The van der Waals surface area contributed by atoms with E-state index in [1.54, 1.807) is 11.0 Å². The van der Waals surface area contributed by atoms with Crippen molar-refractivity contribution in [3.05, 3.63) is 52.4 Å².